The molecule has 0 bridgehead atoms. The molecule has 1 aromatic rings. The van der Waals surface area contributed by atoms with Crippen molar-refractivity contribution >= 4 is 11.3 Å². The first-order chi connectivity index (χ1) is 6.86. The van der Waals surface area contributed by atoms with Gasteiger partial charge in [0.2, 0.25) is 0 Å². The Hall–Kier alpha value is -0.380. The first kappa shape index (κ1) is 10.1. The maximum atomic E-state index is 3.46. The van der Waals surface area contributed by atoms with Gasteiger partial charge in [0, 0.05) is 25.7 Å². The first-order valence-corrected chi connectivity index (χ1v) is 6.22. The van der Waals surface area contributed by atoms with Crippen LogP contribution in [0.2, 0.25) is 0 Å². The van der Waals surface area contributed by atoms with E-state index in [0.29, 0.717) is 0 Å². The number of thiophene rings is 1. The number of hydrogen-bond donors (Lipinski definition) is 1. The summed E-state index contributed by atoms with van der Waals surface area (Å²) in [7, 11) is 2.24. The summed E-state index contributed by atoms with van der Waals surface area (Å²) < 4.78 is 0. The lowest BCUT2D eigenvalue weighted by molar-refractivity contribution is 0.191. The summed E-state index contributed by atoms with van der Waals surface area (Å²) in [4.78, 5) is 2.48. The molecule has 1 unspecified atom stereocenters. The Morgan fingerprint density at radius 1 is 1.64 bits per heavy atom. The van der Waals surface area contributed by atoms with E-state index in [4.69, 9.17) is 0 Å². The Labute approximate surface area is 89.9 Å². The van der Waals surface area contributed by atoms with E-state index in [1.54, 1.807) is 11.3 Å². The maximum Gasteiger partial charge on any atom is 0.0221 e. The highest BCUT2D eigenvalue weighted by molar-refractivity contribution is 7.07. The van der Waals surface area contributed by atoms with Crippen molar-refractivity contribution in [1.82, 2.24) is 10.2 Å². The molecule has 78 valence electrons. The van der Waals surface area contributed by atoms with E-state index in [1.807, 2.05) is 0 Å². The number of hydrogen-bond acceptors (Lipinski definition) is 3. The van der Waals surface area contributed by atoms with Gasteiger partial charge in [-0.3, -0.25) is 0 Å². The van der Waals surface area contributed by atoms with Crippen molar-refractivity contribution in [3.63, 3.8) is 0 Å². The van der Waals surface area contributed by atoms with Crippen molar-refractivity contribution < 1.29 is 0 Å². The van der Waals surface area contributed by atoms with Gasteiger partial charge in [-0.1, -0.05) is 0 Å². The number of nitrogens with zero attached hydrogens (tertiary/aromatic N) is 1. The van der Waals surface area contributed by atoms with Crippen LogP contribution in [-0.2, 0) is 6.42 Å². The summed E-state index contributed by atoms with van der Waals surface area (Å²) in [5.41, 5.74) is 1.49. The summed E-state index contributed by atoms with van der Waals surface area (Å²) in [5, 5.41) is 7.88. The third-order valence-corrected chi connectivity index (χ3v) is 3.72. The molecular weight excluding hydrogens is 192 g/mol. The summed E-state index contributed by atoms with van der Waals surface area (Å²) in [6.45, 7) is 3.49. The molecule has 1 saturated heterocycles. The first-order valence-electron chi connectivity index (χ1n) is 5.28. The lowest BCUT2D eigenvalue weighted by Gasteiger charge is -2.33. The minimum atomic E-state index is 0.726. The molecule has 0 aromatic carbocycles. The van der Waals surface area contributed by atoms with Crippen LogP contribution in [0, 0.1) is 0 Å². The number of piperazine rings is 1. The van der Waals surface area contributed by atoms with Crippen molar-refractivity contribution in [3.05, 3.63) is 22.4 Å². The highest BCUT2D eigenvalue weighted by Gasteiger charge is 2.17. The highest BCUT2D eigenvalue weighted by atomic mass is 32.1. The molecule has 1 aromatic heterocycles. The summed E-state index contributed by atoms with van der Waals surface area (Å²) in [6, 6.07) is 2.96. The van der Waals surface area contributed by atoms with E-state index in [2.05, 4.69) is 34.1 Å². The molecule has 14 heavy (non-hydrogen) atoms. The van der Waals surface area contributed by atoms with E-state index in [0.717, 1.165) is 19.1 Å². The Morgan fingerprint density at radius 2 is 2.57 bits per heavy atom. The second-order valence-corrected chi connectivity index (χ2v) is 4.79. The van der Waals surface area contributed by atoms with Gasteiger partial charge in [-0.25, -0.2) is 0 Å². The Kier molecular flexibility index (Phi) is 3.56. The smallest absolute Gasteiger partial charge is 0.0221 e. The van der Waals surface area contributed by atoms with E-state index in [-0.39, 0.29) is 0 Å². The Bertz CT molecular complexity index is 258. The highest BCUT2D eigenvalue weighted by Crippen LogP contribution is 2.12. The fourth-order valence-electron chi connectivity index (χ4n) is 1.95. The second kappa shape index (κ2) is 4.91. The van der Waals surface area contributed by atoms with Crippen molar-refractivity contribution in [1.29, 1.82) is 0 Å². The number of nitrogens with one attached hydrogen (secondary N) is 1. The topological polar surface area (TPSA) is 15.3 Å². The summed E-state index contributed by atoms with van der Waals surface area (Å²) >= 11 is 1.80. The fraction of sp³-hybridized carbons (Fsp3) is 0.636. The molecular formula is C11H18N2S. The maximum absolute atomic E-state index is 3.46. The number of rotatable bonds is 3. The van der Waals surface area contributed by atoms with Crippen molar-refractivity contribution in [2.75, 3.05) is 26.7 Å². The minimum Gasteiger partial charge on any atom is -0.314 e. The molecule has 2 nitrogen and oxygen atoms in total. The van der Waals surface area contributed by atoms with Crippen LogP contribution < -0.4 is 5.32 Å². The number of likely N-dealkylation sites (N-methyl/N-ethyl adjacent to an activating group) is 1. The van der Waals surface area contributed by atoms with E-state index >= 15 is 0 Å². The van der Waals surface area contributed by atoms with Gasteiger partial charge >= 0.3 is 0 Å². The molecule has 0 aliphatic carbocycles. The lowest BCUT2D eigenvalue weighted by atomic mass is 10.1. The van der Waals surface area contributed by atoms with E-state index < -0.39 is 0 Å². The normalized spacial score (nSPS) is 23.9. The van der Waals surface area contributed by atoms with Crippen molar-refractivity contribution in [3.8, 4) is 0 Å². The summed E-state index contributed by atoms with van der Waals surface area (Å²) in [5.74, 6) is 0. The molecule has 1 fully saturated rings. The lowest BCUT2D eigenvalue weighted by Crippen LogP contribution is -2.49. The molecule has 1 N–H and O–H groups in total. The molecule has 1 aliphatic heterocycles. The average Bonchev–Trinajstić information content (AvgIpc) is 2.69. The molecule has 0 saturated carbocycles. The Morgan fingerprint density at radius 3 is 3.29 bits per heavy atom. The van der Waals surface area contributed by atoms with Gasteiger partial charge in [0.05, 0.1) is 0 Å². The van der Waals surface area contributed by atoms with Crippen molar-refractivity contribution in [2.45, 2.75) is 18.9 Å². The van der Waals surface area contributed by atoms with Gasteiger partial charge in [0.15, 0.2) is 0 Å². The standard InChI is InChI=1S/C11H18N2S/c1-13-6-5-12-8-11(13)3-2-10-4-7-14-9-10/h4,7,9,11-12H,2-3,5-6,8H2,1H3. The van der Waals surface area contributed by atoms with Gasteiger partial charge in [-0.05, 0) is 42.3 Å². The van der Waals surface area contributed by atoms with Gasteiger partial charge in [0.1, 0.15) is 0 Å². The molecule has 1 atom stereocenters. The monoisotopic (exact) mass is 210 g/mol. The summed E-state index contributed by atoms with van der Waals surface area (Å²) in [6.07, 6.45) is 2.50. The molecule has 0 radical (unpaired) electrons. The molecule has 1 aliphatic rings. The SMILES string of the molecule is CN1CCNCC1CCc1ccsc1. The minimum absolute atomic E-state index is 0.726. The molecule has 2 rings (SSSR count). The number of aryl methyl sites for hydroxylation is 1. The fourth-order valence-corrected chi connectivity index (χ4v) is 2.66. The predicted molar refractivity (Wildman–Crippen MR) is 61.9 cm³/mol. The van der Waals surface area contributed by atoms with Gasteiger partial charge in [0.25, 0.3) is 0 Å². The van der Waals surface area contributed by atoms with Gasteiger partial charge in [-0.2, -0.15) is 11.3 Å². The van der Waals surface area contributed by atoms with Gasteiger partial charge < -0.3 is 10.2 Å². The van der Waals surface area contributed by atoms with Crippen LogP contribution in [0.3, 0.4) is 0 Å². The average molecular weight is 210 g/mol. The zero-order valence-electron chi connectivity index (χ0n) is 8.70. The molecule has 0 spiro atoms. The van der Waals surface area contributed by atoms with E-state index in [9.17, 15) is 0 Å². The van der Waals surface area contributed by atoms with Crippen LogP contribution in [0.4, 0.5) is 0 Å². The van der Waals surface area contributed by atoms with Crippen LogP contribution >= 0.6 is 11.3 Å². The molecule has 3 heteroatoms. The van der Waals surface area contributed by atoms with Crippen LogP contribution in [0.25, 0.3) is 0 Å². The zero-order valence-corrected chi connectivity index (χ0v) is 9.52. The molecule has 2 heterocycles. The third-order valence-electron chi connectivity index (χ3n) is 2.99. The third kappa shape index (κ3) is 2.56. The quantitative estimate of drug-likeness (QED) is 0.815. The van der Waals surface area contributed by atoms with Crippen LogP contribution in [0.1, 0.15) is 12.0 Å². The van der Waals surface area contributed by atoms with Crippen LogP contribution in [0.15, 0.2) is 16.8 Å². The predicted octanol–water partition coefficient (Wildman–Crippen LogP) is 1.58. The molecule has 0 amide bonds. The van der Waals surface area contributed by atoms with Crippen LogP contribution in [-0.4, -0.2) is 37.6 Å². The second-order valence-electron chi connectivity index (χ2n) is 4.01. The Balaban J connectivity index is 1.79. The van der Waals surface area contributed by atoms with Crippen molar-refractivity contribution in [2.24, 2.45) is 0 Å². The van der Waals surface area contributed by atoms with E-state index in [1.165, 1.54) is 24.9 Å². The van der Waals surface area contributed by atoms with Crippen LogP contribution in [0.5, 0.6) is 0 Å². The zero-order chi connectivity index (χ0) is 9.80. The largest absolute Gasteiger partial charge is 0.314 e. The van der Waals surface area contributed by atoms with Gasteiger partial charge in [-0.15, -0.1) is 0 Å².